The third-order valence-electron chi connectivity index (χ3n) is 3.89. The molecule has 7 nitrogen and oxygen atoms in total. The number of rotatable bonds is 7. The molecule has 3 aromatic rings. The molecule has 0 radical (unpaired) electrons. The lowest BCUT2D eigenvalue weighted by Gasteiger charge is -2.01. The van der Waals surface area contributed by atoms with Crippen molar-refractivity contribution in [3.63, 3.8) is 0 Å². The van der Waals surface area contributed by atoms with Gasteiger partial charge < -0.3 is 9.73 Å². The highest BCUT2D eigenvalue weighted by molar-refractivity contribution is 7.98. The van der Waals surface area contributed by atoms with Gasteiger partial charge in [-0.1, -0.05) is 11.8 Å². The Hall–Kier alpha value is -2.13. The summed E-state index contributed by atoms with van der Waals surface area (Å²) in [5.41, 5.74) is 1.26. The van der Waals surface area contributed by atoms with Gasteiger partial charge in [-0.2, -0.15) is 5.10 Å². The highest BCUT2D eigenvalue weighted by atomic mass is 32.2. The summed E-state index contributed by atoms with van der Waals surface area (Å²) in [6.07, 6.45) is 5.69. The Morgan fingerprint density at radius 2 is 2.36 bits per heavy atom. The summed E-state index contributed by atoms with van der Waals surface area (Å²) in [7, 11) is 0. The number of carbonyl (C=O) groups is 1. The van der Waals surface area contributed by atoms with E-state index in [0.29, 0.717) is 18.1 Å². The zero-order valence-corrected chi connectivity index (χ0v) is 15.1. The van der Waals surface area contributed by atoms with E-state index in [1.54, 1.807) is 17.4 Å². The Labute approximate surface area is 152 Å². The van der Waals surface area contributed by atoms with Crippen LogP contribution in [0.5, 0.6) is 0 Å². The third kappa shape index (κ3) is 3.93. The highest BCUT2D eigenvalue weighted by Crippen LogP contribution is 2.27. The van der Waals surface area contributed by atoms with Gasteiger partial charge in [-0.25, -0.2) is 9.97 Å². The predicted molar refractivity (Wildman–Crippen MR) is 94.8 cm³/mol. The van der Waals surface area contributed by atoms with Crippen LogP contribution in [-0.2, 0) is 25.0 Å². The van der Waals surface area contributed by atoms with Gasteiger partial charge in [0.05, 0.1) is 16.5 Å². The third-order valence-corrected chi connectivity index (χ3v) is 6.01. The fourth-order valence-electron chi connectivity index (χ4n) is 2.70. The molecule has 3 heterocycles. The molecule has 0 saturated heterocycles. The van der Waals surface area contributed by atoms with Crippen LogP contribution < -0.4 is 5.32 Å². The maximum atomic E-state index is 12.2. The van der Waals surface area contributed by atoms with Crippen molar-refractivity contribution in [2.75, 3.05) is 6.54 Å². The summed E-state index contributed by atoms with van der Waals surface area (Å²) >= 11 is 3.25. The first kappa shape index (κ1) is 16.3. The summed E-state index contributed by atoms with van der Waals surface area (Å²) in [5, 5.41) is 11.3. The zero-order chi connectivity index (χ0) is 17.1. The first-order valence-electron chi connectivity index (χ1n) is 8.10. The SMILES string of the molecule is O=C(NCCc1nc2c(s1)CCC2)c1ccc(CSc2ncn[nH]2)o1. The number of aromatic nitrogens is 4. The number of thiazole rings is 1. The average Bonchev–Trinajstić information content (AvgIpc) is 3.36. The topological polar surface area (TPSA) is 96.7 Å². The summed E-state index contributed by atoms with van der Waals surface area (Å²) < 4.78 is 5.59. The first-order valence-corrected chi connectivity index (χ1v) is 9.90. The van der Waals surface area contributed by atoms with Crippen molar-refractivity contribution >= 4 is 29.0 Å². The molecule has 0 aliphatic heterocycles. The minimum absolute atomic E-state index is 0.194. The van der Waals surface area contributed by atoms with Crippen LogP contribution in [0.2, 0.25) is 0 Å². The van der Waals surface area contributed by atoms with E-state index in [4.69, 9.17) is 4.42 Å². The summed E-state index contributed by atoms with van der Waals surface area (Å²) in [6, 6.07) is 3.51. The van der Waals surface area contributed by atoms with Crippen molar-refractivity contribution in [1.29, 1.82) is 0 Å². The van der Waals surface area contributed by atoms with E-state index in [-0.39, 0.29) is 5.91 Å². The number of furan rings is 1. The first-order chi connectivity index (χ1) is 12.3. The van der Waals surface area contributed by atoms with Gasteiger partial charge in [-0.15, -0.1) is 11.3 Å². The largest absolute Gasteiger partial charge is 0.455 e. The molecule has 9 heteroatoms. The molecule has 0 spiro atoms. The van der Waals surface area contributed by atoms with E-state index in [2.05, 4.69) is 25.5 Å². The Kier molecular flexibility index (Phi) is 4.84. The summed E-state index contributed by atoms with van der Waals surface area (Å²) in [4.78, 5) is 22.3. The molecule has 2 N–H and O–H groups in total. The Bertz CT molecular complexity index is 834. The molecule has 4 rings (SSSR count). The van der Waals surface area contributed by atoms with Gasteiger partial charge in [0.2, 0.25) is 0 Å². The molecule has 1 amide bonds. The van der Waals surface area contributed by atoms with E-state index in [1.807, 2.05) is 6.07 Å². The second-order valence-electron chi connectivity index (χ2n) is 5.68. The van der Waals surface area contributed by atoms with Crippen LogP contribution in [-0.4, -0.2) is 32.6 Å². The maximum Gasteiger partial charge on any atom is 0.287 e. The molecule has 0 bridgehead atoms. The molecule has 0 saturated carbocycles. The van der Waals surface area contributed by atoms with Crippen molar-refractivity contribution in [3.05, 3.63) is 45.6 Å². The highest BCUT2D eigenvalue weighted by Gasteiger charge is 2.17. The molecule has 25 heavy (non-hydrogen) atoms. The molecule has 0 unspecified atom stereocenters. The van der Waals surface area contributed by atoms with Crippen LogP contribution in [0.4, 0.5) is 0 Å². The predicted octanol–water partition coefficient (Wildman–Crippen LogP) is 2.61. The van der Waals surface area contributed by atoms with E-state index in [0.717, 1.165) is 35.2 Å². The number of H-pyrrole nitrogens is 1. The standard InChI is InChI=1S/C16H17N5O2S2/c22-15(17-7-6-14-20-11-2-1-3-13(11)25-14)12-5-4-10(23-12)8-24-16-18-9-19-21-16/h4-5,9H,1-3,6-8H2,(H,17,22)(H,18,19,21). The van der Waals surface area contributed by atoms with E-state index < -0.39 is 0 Å². The van der Waals surface area contributed by atoms with Crippen LogP contribution in [0, 0.1) is 0 Å². The lowest BCUT2D eigenvalue weighted by Crippen LogP contribution is -2.25. The number of aromatic amines is 1. The zero-order valence-electron chi connectivity index (χ0n) is 13.4. The Morgan fingerprint density at radius 1 is 1.40 bits per heavy atom. The molecule has 130 valence electrons. The van der Waals surface area contributed by atoms with Crippen molar-refractivity contribution < 1.29 is 9.21 Å². The molecular formula is C16H17N5O2S2. The van der Waals surface area contributed by atoms with Crippen molar-refractivity contribution in [2.45, 2.75) is 36.6 Å². The van der Waals surface area contributed by atoms with E-state index >= 15 is 0 Å². The van der Waals surface area contributed by atoms with Crippen LogP contribution in [0.15, 0.2) is 28.0 Å². The second kappa shape index (κ2) is 7.40. The van der Waals surface area contributed by atoms with Gasteiger partial charge in [0.1, 0.15) is 12.1 Å². The fourth-order valence-corrected chi connectivity index (χ4v) is 4.53. The lowest BCUT2D eigenvalue weighted by atomic mass is 10.3. The van der Waals surface area contributed by atoms with Gasteiger partial charge >= 0.3 is 0 Å². The molecule has 0 atom stereocenters. The van der Waals surface area contributed by atoms with E-state index in [9.17, 15) is 4.79 Å². The van der Waals surface area contributed by atoms with Crippen LogP contribution in [0.3, 0.4) is 0 Å². The van der Waals surface area contributed by atoms with Gasteiger partial charge in [-0.05, 0) is 31.4 Å². The van der Waals surface area contributed by atoms with Crippen LogP contribution in [0.1, 0.15) is 38.3 Å². The molecule has 1 aliphatic rings. The van der Waals surface area contributed by atoms with E-state index in [1.165, 1.54) is 35.1 Å². The minimum Gasteiger partial charge on any atom is -0.455 e. The molecule has 0 fully saturated rings. The number of thioether (sulfide) groups is 1. The maximum absolute atomic E-state index is 12.2. The normalized spacial score (nSPS) is 13.1. The van der Waals surface area contributed by atoms with Gasteiger partial charge in [0.15, 0.2) is 10.9 Å². The number of aryl methyl sites for hydroxylation is 2. The molecule has 3 aromatic heterocycles. The Morgan fingerprint density at radius 3 is 3.20 bits per heavy atom. The second-order valence-corrected chi connectivity index (χ2v) is 7.81. The van der Waals surface area contributed by atoms with Crippen molar-refractivity contribution in [2.24, 2.45) is 0 Å². The number of hydrogen-bond acceptors (Lipinski definition) is 7. The number of fused-ring (bicyclic) bond motifs is 1. The number of amides is 1. The number of carbonyl (C=O) groups excluding carboxylic acids is 1. The quantitative estimate of drug-likeness (QED) is 0.616. The monoisotopic (exact) mass is 375 g/mol. The van der Waals surface area contributed by atoms with Gasteiger partial charge in [0.25, 0.3) is 5.91 Å². The van der Waals surface area contributed by atoms with Crippen LogP contribution >= 0.6 is 23.1 Å². The van der Waals surface area contributed by atoms with Gasteiger partial charge in [0, 0.05) is 17.8 Å². The fraction of sp³-hybridized carbons (Fsp3) is 0.375. The molecular weight excluding hydrogens is 358 g/mol. The molecule has 1 aliphatic carbocycles. The summed E-state index contributed by atoms with van der Waals surface area (Å²) in [5.74, 6) is 1.45. The van der Waals surface area contributed by atoms with Crippen molar-refractivity contribution in [1.82, 2.24) is 25.5 Å². The van der Waals surface area contributed by atoms with Crippen molar-refractivity contribution in [3.8, 4) is 0 Å². The lowest BCUT2D eigenvalue weighted by molar-refractivity contribution is 0.0925. The number of nitrogens with zero attached hydrogens (tertiary/aromatic N) is 3. The summed E-state index contributed by atoms with van der Waals surface area (Å²) in [6.45, 7) is 0.564. The number of hydrogen-bond donors (Lipinski definition) is 2. The minimum atomic E-state index is -0.194. The smallest absolute Gasteiger partial charge is 0.287 e. The van der Waals surface area contributed by atoms with Crippen LogP contribution in [0.25, 0.3) is 0 Å². The number of nitrogens with one attached hydrogen (secondary N) is 2. The molecule has 0 aromatic carbocycles. The Balaban J connectivity index is 1.25. The van der Waals surface area contributed by atoms with Gasteiger partial charge in [-0.3, -0.25) is 9.89 Å². The average molecular weight is 375 g/mol.